The van der Waals surface area contributed by atoms with Gasteiger partial charge in [-0.1, -0.05) is 11.3 Å². The van der Waals surface area contributed by atoms with Crippen molar-refractivity contribution in [2.45, 2.75) is 25.8 Å². The van der Waals surface area contributed by atoms with Crippen LogP contribution in [0.4, 0.5) is 0 Å². The van der Waals surface area contributed by atoms with Crippen LogP contribution >= 0.6 is 23.7 Å². The number of primary amides is 1. The minimum Gasteiger partial charge on any atom is -0.469 e. The van der Waals surface area contributed by atoms with Crippen molar-refractivity contribution in [2.24, 2.45) is 11.5 Å². The molecule has 0 unspecified atom stereocenters. The Morgan fingerprint density at radius 2 is 2.15 bits per heavy atom. The van der Waals surface area contributed by atoms with Crippen molar-refractivity contribution < 1.29 is 9.53 Å². The number of amides is 1. The quantitative estimate of drug-likeness (QED) is 0.836. The van der Waals surface area contributed by atoms with Gasteiger partial charge in [-0.2, -0.15) is 0 Å². The smallest absolute Gasteiger partial charge is 0.274 e. The Balaban J connectivity index is 0.00000200. The number of nitrogens with zero attached hydrogens (tertiary/aromatic N) is 2. The number of nitrogens with two attached hydrogens (primary N) is 2. The minimum atomic E-state index is -0.449. The van der Waals surface area contributed by atoms with Crippen LogP contribution in [0.2, 0.25) is 0 Å². The van der Waals surface area contributed by atoms with Gasteiger partial charge in [0.05, 0.1) is 5.69 Å². The monoisotopic (exact) mass is 320 g/mol. The zero-order valence-corrected chi connectivity index (χ0v) is 13.1. The van der Waals surface area contributed by atoms with E-state index in [1.165, 1.54) is 11.3 Å². The van der Waals surface area contributed by atoms with Crippen LogP contribution in [0.1, 0.15) is 28.2 Å². The number of carbonyl (C=O) groups is 1. The second kappa shape index (κ2) is 7.78. The number of rotatable bonds is 5. The fourth-order valence-electron chi connectivity index (χ4n) is 2.10. The molecule has 1 aromatic heterocycles. The molecule has 1 aromatic rings. The number of piperidine rings is 1. The summed E-state index contributed by atoms with van der Waals surface area (Å²) in [7, 11) is 0. The summed E-state index contributed by atoms with van der Waals surface area (Å²) < 4.78 is 5.57. The number of likely N-dealkylation sites (tertiary alicyclic amines) is 1. The summed E-state index contributed by atoms with van der Waals surface area (Å²) in [5, 5.41) is 0.514. The number of halogens is 1. The fraction of sp³-hybridized carbons (Fsp3) is 0.667. The van der Waals surface area contributed by atoms with Crippen LogP contribution in [0.5, 0.6) is 5.19 Å². The first-order chi connectivity index (χ1) is 9.06. The Hall–Kier alpha value is -0.890. The maximum absolute atomic E-state index is 11.1. The highest BCUT2D eigenvalue weighted by atomic mass is 35.5. The molecule has 0 spiro atoms. The van der Waals surface area contributed by atoms with Crippen LogP contribution in [0.3, 0.4) is 0 Å². The minimum absolute atomic E-state index is 0. The number of hydrogen-bond acceptors (Lipinski definition) is 6. The van der Waals surface area contributed by atoms with E-state index in [1.807, 2.05) is 0 Å². The summed E-state index contributed by atoms with van der Waals surface area (Å²) in [5.41, 5.74) is 11.7. The van der Waals surface area contributed by atoms with Crippen LogP contribution in [0, 0.1) is 6.92 Å². The molecule has 0 bridgehead atoms. The van der Waals surface area contributed by atoms with Gasteiger partial charge in [0.1, 0.15) is 11.5 Å². The Morgan fingerprint density at radius 3 is 2.70 bits per heavy atom. The zero-order chi connectivity index (χ0) is 13.8. The molecule has 0 radical (unpaired) electrons. The van der Waals surface area contributed by atoms with Gasteiger partial charge in [0.15, 0.2) is 0 Å². The van der Waals surface area contributed by atoms with Gasteiger partial charge >= 0.3 is 0 Å². The maximum Gasteiger partial charge on any atom is 0.274 e. The molecule has 6 nitrogen and oxygen atoms in total. The normalized spacial score (nSPS) is 16.7. The van der Waals surface area contributed by atoms with E-state index in [2.05, 4.69) is 9.88 Å². The highest BCUT2D eigenvalue weighted by molar-refractivity contribution is 7.15. The average molecular weight is 321 g/mol. The summed E-state index contributed by atoms with van der Waals surface area (Å²) in [6.07, 6.45) is 2.09. The Bertz CT molecular complexity index is 447. The molecule has 0 atom stereocenters. The second-order valence-electron chi connectivity index (χ2n) is 4.79. The van der Waals surface area contributed by atoms with Crippen LogP contribution in [0.15, 0.2) is 0 Å². The number of aromatic nitrogens is 1. The van der Waals surface area contributed by atoms with E-state index < -0.39 is 5.91 Å². The standard InChI is InChI=1S/C12H20N4O2S.ClH/c1-8-10(11(14)17)19-12(15-8)18-7-6-16-4-2-9(13)3-5-16;/h9H,2-7,13H2,1H3,(H2,14,17);1H. The third-order valence-electron chi connectivity index (χ3n) is 3.27. The highest BCUT2D eigenvalue weighted by Crippen LogP contribution is 2.24. The maximum atomic E-state index is 11.1. The molecule has 114 valence electrons. The zero-order valence-electron chi connectivity index (χ0n) is 11.5. The number of carbonyl (C=O) groups excluding carboxylic acids is 1. The van der Waals surface area contributed by atoms with Crippen molar-refractivity contribution >= 4 is 29.7 Å². The first kappa shape index (κ1) is 17.2. The van der Waals surface area contributed by atoms with Crippen molar-refractivity contribution in [3.8, 4) is 5.19 Å². The van der Waals surface area contributed by atoms with Crippen molar-refractivity contribution in [1.29, 1.82) is 0 Å². The van der Waals surface area contributed by atoms with Gasteiger partial charge in [0.25, 0.3) is 11.1 Å². The van der Waals surface area contributed by atoms with Crippen LogP contribution < -0.4 is 16.2 Å². The van der Waals surface area contributed by atoms with Gasteiger partial charge in [0, 0.05) is 12.6 Å². The molecule has 0 aliphatic carbocycles. The molecule has 1 aliphatic heterocycles. The Labute approximate surface area is 128 Å². The van der Waals surface area contributed by atoms with E-state index in [-0.39, 0.29) is 12.4 Å². The van der Waals surface area contributed by atoms with Crippen LogP contribution in [0.25, 0.3) is 0 Å². The first-order valence-corrected chi connectivity index (χ1v) is 7.26. The van der Waals surface area contributed by atoms with E-state index in [9.17, 15) is 4.79 Å². The fourth-order valence-corrected chi connectivity index (χ4v) is 2.89. The lowest BCUT2D eigenvalue weighted by molar-refractivity contribution is 0.100. The molecule has 2 heterocycles. The molecule has 1 saturated heterocycles. The third-order valence-corrected chi connectivity index (χ3v) is 4.35. The van der Waals surface area contributed by atoms with Crippen molar-refractivity contribution in [3.05, 3.63) is 10.6 Å². The highest BCUT2D eigenvalue weighted by Gasteiger charge is 2.16. The molecule has 20 heavy (non-hydrogen) atoms. The van der Waals surface area contributed by atoms with Gasteiger partial charge in [-0.3, -0.25) is 9.69 Å². The molecule has 2 rings (SSSR count). The summed E-state index contributed by atoms with van der Waals surface area (Å²) in [4.78, 5) is 18.1. The van der Waals surface area contributed by atoms with Gasteiger partial charge in [0.2, 0.25) is 0 Å². The molecule has 4 N–H and O–H groups in total. The number of hydrogen-bond donors (Lipinski definition) is 2. The molecular formula is C12H21ClN4O2S. The summed E-state index contributed by atoms with van der Waals surface area (Å²) in [6.45, 7) is 5.23. The molecule has 0 saturated carbocycles. The van der Waals surface area contributed by atoms with E-state index in [0.717, 1.165) is 32.5 Å². The molecule has 8 heteroatoms. The third kappa shape index (κ3) is 4.59. The van der Waals surface area contributed by atoms with Crippen molar-refractivity contribution in [3.63, 3.8) is 0 Å². The molecule has 1 amide bonds. The van der Waals surface area contributed by atoms with Gasteiger partial charge in [-0.05, 0) is 32.9 Å². The molecule has 1 fully saturated rings. The Kier molecular flexibility index (Phi) is 6.67. The molecule has 0 aromatic carbocycles. The predicted octanol–water partition coefficient (Wildman–Crippen LogP) is 0.774. The average Bonchev–Trinajstić information content (AvgIpc) is 2.73. The largest absolute Gasteiger partial charge is 0.469 e. The topological polar surface area (TPSA) is 94.5 Å². The summed E-state index contributed by atoms with van der Waals surface area (Å²) in [6, 6.07) is 0.344. The number of ether oxygens (including phenoxy) is 1. The van der Waals surface area contributed by atoms with Gasteiger partial charge in [-0.25, -0.2) is 4.98 Å². The van der Waals surface area contributed by atoms with Gasteiger partial charge < -0.3 is 16.2 Å². The van der Waals surface area contributed by atoms with E-state index in [0.29, 0.717) is 28.4 Å². The predicted molar refractivity (Wildman–Crippen MR) is 81.8 cm³/mol. The molecular weight excluding hydrogens is 300 g/mol. The van der Waals surface area contributed by atoms with Crippen LogP contribution in [-0.4, -0.2) is 48.1 Å². The van der Waals surface area contributed by atoms with Crippen molar-refractivity contribution in [2.75, 3.05) is 26.2 Å². The Morgan fingerprint density at radius 1 is 1.50 bits per heavy atom. The van der Waals surface area contributed by atoms with E-state index in [4.69, 9.17) is 16.2 Å². The summed E-state index contributed by atoms with van der Waals surface area (Å²) >= 11 is 1.21. The SMILES string of the molecule is Cc1nc(OCCN2CCC(N)CC2)sc1C(N)=O.Cl. The van der Waals surface area contributed by atoms with Crippen LogP contribution in [-0.2, 0) is 0 Å². The van der Waals surface area contributed by atoms with Gasteiger partial charge in [-0.15, -0.1) is 12.4 Å². The second-order valence-corrected chi connectivity index (χ2v) is 5.75. The number of aryl methyl sites for hydroxylation is 1. The lowest BCUT2D eigenvalue weighted by Crippen LogP contribution is -2.41. The molecule has 1 aliphatic rings. The van der Waals surface area contributed by atoms with E-state index in [1.54, 1.807) is 6.92 Å². The summed E-state index contributed by atoms with van der Waals surface area (Å²) in [5.74, 6) is -0.449. The lowest BCUT2D eigenvalue weighted by atomic mass is 10.1. The lowest BCUT2D eigenvalue weighted by Gasteiger charge is -2.29. The van der Waals surface area contributed by atoms with E-state index >= 15 is 0 Å². The number of thiazole rings is 1. The first-order valence-electron chi connectivity index (χ1n) is 6.44. The van der Waals surface area contributed by atoms with Crippen molar-refractivity contribution in [1.82, 2.24) is 9.88 Å².